The summed E-state index contributed by atoms with van der Waals surface area (Å²) in [6.07, 6.45) is 0.906. The van der Waals surface area contributed by atoms with Crippen LogP contribution in [-0.2, 0) is 17.8 Å². The first-order chi connectivity index (χ1) is 13.6. The van der Waals surface area contributed by atoms with E-state index in [1.165, 1.54) is 6.07 Å². The van der Waals surface area contributed by atoms with E-state index in [-0.39, 0.29) is 11.7 Å². The lowest BCUT2D eigenvalue weighted by molar-refractivity contribution is -0.130. The summed E-state index contributed by atoms with van der Waals surface area (Å²) in [7, 11) is 1.80. The van der Waals surface area contributed by atoms with E-state index in [1.807, 2.05) is 43.3 Å². The lowest BCUT2D eigenvalue weighted by Gasteiger charge is -2.17. The second-order valence-electron chi connectivity index (χ2n) is 6.51. The second kappa shape index (κ2) is 11.7. The maximum absolute atomic E-state index is 13.7. The zero-order chi connectivity index (χ0) is 20.2. The summed E-state index contributed by atoms with van der Waals surface area (Å²) in [5.41, 5.74) is 1.77. The molecule has 0 atom stereocenters. The Morgan fingerprint density at radius 2 is 1.79 bits per heavy atom. The molecule has 0 aliphatic rings. The second-order valence-corrected chi connectivity index (χ2v) is 6.51. The van der Waals surface area contributed by atoms with Crippen molar-refractivity contribution in [1.29, 1.82) is 0 Å². The summed E-state index contributed by atoms with van der Waals surface area (Å²) in [5, 5.41) is 6.33. The third kappa shape index (κ3) is 7.39. The van der Waals surface area contributed by atoms with Gasteiger partial charge in [-0.25, -0.2) is 4.39 Å². The Hall–Kier alpha value is -2.89. The number of amides is 1. The fourth-order valence-electron chi connectivity index (χ4n) is 2.76. The summed E-state index contributed by atoms with van der Waals surface area (Å²) >= 11 is 0. The van der Waals surface area contributed by atoms with Crippen LogP contribution in [0.3, 0.4) is 0 Å². The van der Waals surface area contributed by atoms with E-state index in [0.29, 0.717) is 50.5 Å². The van der Waals surface area contributed by atoms with Crippen molar-refractivity contribution in [2.24, 2.45) is 4.99 Å². The highest BCUT2D eigenvalue weighted by atomic mass is 19.1. The predicted octanol–water partition coefficient (Wildman–Crippen LogP) is 2.97. The van der Waals surface area contributed by atoms with Crippen molar-refractivity contribution in [3.63, 3.8) is 0 Å². The van der Waals surface area contributed by atoms with Gasteiger partial charge in [0.2, 0.25) is 5.91 Å². The molecule has 0 radical (unpaired) electrons. The highest BCUT2D eigenvalue weighted by Gasteiger charge is 2.09. The third-order valence-corrected chi connectivity index (χ3v) is 4.27. The number of benzene rings is 2. The van der Waals surface area contributed by atoms with Crippen LogP contribution in [-0.4, -0.2) is 43.4 Å². The average molecular weight is 384 g/mol. The number of rotatable bonds is 9. The van der Waals surface area contributed by atoms with Gasteiger partial charge in [-0.15, -0.1) is 0 Å². The van der Waals surface area contributed by atoms with Gasteiger partial charge in [-0.1, -0.05) is 48.5 Å². The molecule has 5 nitrogen and oxygen atoms in total. The predicted molar refractivity (Wildman–Crippen MR) is 112 cm³/mol. The van der Waals surface area contributed by atoms with Crippen molar-refractivity contribution in [3.05, 3.63) is 71.5 Å². The van der Waals surface area contributed by atoms with Gasteiger partial charge in [-0.05, 0) is 30.5 Å². The van der Waals surface area contributed by atoms with Crippen LogP contribution in [0, 0.1) is 5.82 Å². The Morgan fingerprint density at radius 1 is 1.07 bits per heavy atom. The zero-order valence-electron chi connectivity index (χ0n) is 16.6. The number of nitrogens with zero attached hydrogens (tertiary/aromatic N) is 2. The summed E-state index contributed by atoms with van der Waals surface area (Å²) < 4.78 is 13.7. The Bertz CT molecular complexity index is 764. The van der Waals surface area contributed by atoms with Crippen molar-refractivity contribution in [3.8, 4) is 0 Å². The van der Waals surface area contributed by atoms with Crippen LogP contribution in [0.15, 0.2) is 59.6 Å². The molecule has 6 heteroatoms. The van der Waals surface area contributed by atoms with E-state index < -0.39 is 0 Å². The maximum Gasteiger partial charge on any atom is 0.224 e. The van der Waals surface area contributed by atoms with Crippen molar-refractivity contribution < 1.29 is 9.18 Å². The number of hydrogen-bond acceptors (Lipinski definition) is 2. The Kier molecular flexibility index (Phi) is 8.98. The van der Waals surface area contributed by atoms with Crippen molar-refractivity contribution in [2.75, 3.05) is 26.7 Å². The molecule has 0 aromatic heterocycles. The molecule has 0 saturated carbocycles. The molecule has 0 saturated heterocycles. The van der Waals surface area contributed by atoms with Gasteiger partial charge < -0.3 is 15.5 Å². The largest absolute Gasteiger partial charge is 0.357 e. The SMILES string of the molecule is CCNC(=NCCC(=O)N(C)Cc1ccccc1)NCCc1ccccc1F. The van der Waals surface area contributed by atoms with Gasteiger partial charge >= 0.3 is 0 Å². The molecule has 2 rings (SSSR count). The van der Waals surface area contributed by atoms with Gasteiger partial charge in [0.1, 0.15) is 5.82 Å². The Morgan fingerprint density at radius 3 is 2.50 bits per heavy atom. The fourth-order valence-corrected chi connectivity index (χ4v) is 2.76. The van der Waals surface area contributed by atoms with Crippen LogP contribution in [0.2, 0.25) is 0 Å². The van der Waals surface area contributed by atoms with E-state index >= 15 is 0 Å². The number of hydrogen-bond donors (Lipinski definition) is 2. The number of carbonyl (C=O) groups is 1. The zero-order valence-corrected chi connectivity index (χ0v) is 16.6. The van der Waals surface area contributed by atoms with E-state index in [0.717, 1.165) is 5.56 Å². The van der Waals surface area contributed by atoms with Crippen LogP contribution >= 0.6 is 0 Å². The molecule has 0 spiro atoms. The maximum atomic E-state index is 13.7. The van der Waals surface area contributed by atoms with Crippen molar-refractivity contribution >= 4 is 11.9 Å². The molecular formula is C22H29FN4O. The Balaban J connectivity index is 1.77. The smallest absolute Gasteiger partial charge is 0.224 e. The van der Waals surface area contributed by atoms with Gasteiger partial charge in [-0.3, -0.25) is 9.79 Å². The van der Waals surface area contributed by atoms with Gasteiger partial charge in [0.15, 0.2) is 5.96 Å². The molecule has 0 unspecified atom stereocenters. The molecule has 2 aromatic carbocycles. The normalized spacial score (nSPS) is 11.2. The summed E-state index contributed by atoms with van der Waals surface area (Å²) in [6, 6.07) is 16.7. The van der Waals surface area contributed by atoms with Crippen LogP contribution in [0.5, 0.6) is 0 Å². The molecule has 28 heavy (non-hydrogen) atoms. The monoisotopic (exact) mass is 384 g/mol. The van der Waals surface area contributed by atoms with E-state index in [1.54, 1.807) is 24.1 Å². The fraction of sp³-hybridized carbons (Fsp3) is 0.364. The number of halogens is 1. The molecular weight excluding hydrogens is 355 g/mol. The lowest BCUT2D eigenvalue weighted by atomic mass is 10.1. The molecule has 2 N–H and O–H groups in total. The molecule has 0 bridgehead atoms. The summed E-state index contributed by atoms with van der Waals surface area (Å²) in [4.78, 5) is 18.5. The highest BCUT2D eigenvalue weighted by Crippen LogP contribution is 2.06. The minimum Gasteiger partial charge on any atom is -0.357 e. The van der Waals surface area contributed by atoms with Crippen LogP contribution in [0.1, 0.15) is 24.5 Å². The van der Waals surface area contributed by atoms with Gasteiger partial charge in [0, 0.05) is 33.1 Å². The third-order valence-electron chi connectivity index (χ3n) is 4.27. The van der Waals surface area contributed by atoms with E-state index in [4.69, 9.17) is 0 Å². The topological polar surface area (TPSA) is 56.7 Å². The van der Waals surface area contributed by atoms with Gasteiger partial charge in [-0.2, -0.15) is 0 Å². The minimum absolute atomic E-state index is 0.0507. The van der Waals surface area contributed by atoms with Gasteiger partial charge in [0.05, 0.1) is 6.54 Å². The highest BCUT2D eigenvalue weighted by molar-refractivity contribution is 5.80. The summed E-state index contributed by atoms with van der Waals surface area (Å²) in [6.45, 7) is 4.24. The molecule has 150 valence electrons. The van der Waals surface area contributed by atoms with E-state index in [2.05, 4.69) is 15.6 Å². The molecule has 0 fully saturated rings. The quantitative estimate of drug-likeness (QED) is 0.516. The first-order valence-corrected chi connectivity index (χ1v) is 9.63. The first-order valence-electron chi connectivity index (χ1n) is 9.63. The van der Waals surface area contributed by atoms with Crippen LogP contribution in [0.25, 0.3) is 0 Å². The standard InChI is InChI=1S/C22H29FN4O/c1-3-24-22(25-15-13-19-11-7-8-12-20(19)23)26-16-14-21(28)27(2)17-18-9-5-4-6-10-18/h4-12H,3,13-17H2,1-2H3,(H2,24,25,26). The molecule has 0 aliphatic heterocycles. The number of nitrogens with one attached hydrogen (secondary N) is 2. The first kappa shape index (κ1) is 21.4. The minimum atomic E-state index is -0.196. The number of carbonyl (C=O) groups excluding carboxylic acids is 1. The van der Waals surface area contributed by atoms with Crippen LogP contribution < -0.4 is 10.6 Å². The van der Waals surface area contributed by atoms with Gasteiger partial charge in [0.25, 0.3) is 0 Å². The lowest BCUT2D eigenvalue weighted by Crippen LogP contribution is -2.38. The van der Waals surface area contributed by atoms with E-state index in [9.17, 15) is 9.18 Å². The van der Waals surface area contributed by atoms with Crippen molar-refractivity contribution in [2.45, 2.75) is 26.3 Å². The Labute approximate surface area is 166 Å². The van der Waals surface area contributed by atoms with Crippen molar-refractivity contribution in [1.82, 2.24) is 15.5 Å². The molecule has 1 amide bonds. The number of aliphatic imine (C=N–C) groups is 1. The summed E-state index contributed by atoms with van der Waals surface area (Å²) in [5.74, 6) is 0.491. The number of guanidine groups is 1. The molecule has 2 aromatic rings. The van der Waals surface area contributed by atoms with Crippen LogP contribution in [0.4, 0.5) is 4.39 Å². The average Bonchev–Trinajstić information content (AvgIpc) is 2.70. The molecule has 0 heterocycles. The molecule has 0 aliphatic carbocycles.